The molecule has 1 fully saturated rings. The Morgan fingerprint density at radius 1 is 1.29 bits per heavy atom. The van der Waals surface area contributed by atoms with Crippen LogP contribution in [0.25, 0.3) is 0 Å². The predicted octanol–water partition coefficient (Wildman–Crippen LogP) is 2.11. The Labute approximate surface area is 89.1 Å². The minimum atomic E-state index is 0.705. The lowest BCUT2D eigenvalue weighted by Gasteiger charge is -2.24. The van der Waals surface area contributed by atoms with Crippen LogP contribution in [0.3, 0.4) is 0 Å². The molecule has 1 rings (SSSR count). The Morgan fingerprint density at radius 3 is 2.43 bits per heavy atom. The van der Waals surface area contributed by atoms with Crippen molar-refractivity contribution in [3.63, 3.8) is 0 Å². The molecule has 1 atom stereocenters. The molecule has 1 unspecified atom stereocenters. The van der Waals surface area contributed by atoms with Crippen LogP contribution in [0.1, 0.15) is 39.0 Å². The van der Waals surface area contributed by atoms with Gasteiger partial charge in [-0.15, -0.1) is 0 Å². The van der Waals surface area contributed by atoms with E-state index in [9.17, 15) is 0 Å². The van der Waals surface area contributed by atoms with Crippen LogP contribution in [0.2, 0.25) is 0 Å². The molecule has 0 bridgehead atoms. The number of rotatable bonds is 6. The Morgan fingerprint density at radius 2 is 1.93 bits per heavy atom. The van der Waals surface area contributed by atoms with Crippen molar-refractivity contribution in [2.75, 3.05) is 27.2 Å². The van der Waals surface area contributed by atoms with Crippen molar-refractivity contribution in [2.45, 2.75) is 45.1 Å². The van der Waals surface area contributed by atoms with Gasteiger partial charge in [0.2, 0.25) is 0 Å². The molecule has 1 aliphatic rings. The van der Waals surface area contributed by atoms with Crippen LogP contribution >= 0.6 is 0 Å². The molecule has 0 amide bonds. The van der Waals surface area contributed by atoms with E-state index in [1.165, 1.54) is 38.6 Å². The first-order valence-electron chi connectivity index (χ1n) is 6.11. The molecule has 1 N–H and O–H groups in total. The fraction of sp³-hybridized carbons (Fsp3) is 1.00. The van der Waals surface area contributed by atoms with Crippen molar-refractivity contribution in [2.24, 2.45) is 5.92 Å². The van der Waals surface area contributed by atoms with Gasteiger partial charge >= 0.3 is 0 Å². The highest BCUT2D eigenvalue weighted by Gasteiger charge is 2.15. The quantitative estimate of drug-likeness (QED) is 0.703. The van der Waals surface area contributed by atoms with Crippen LogP contribution in [0.5, 0.6) is 0 Å². The Balaban J connectivity index is 2.06. The van der Waals surface area contributed by atoms with Gasteiger partial charge < -0.3 is 10.2 Å². The SMILES string of the molecule is CCC(CNCC1CCCC1)N(C)C. The summed E-state index contributed by atoms with van der Waals surface area (Å²) in [7, 11) is 4.34. The van der Waals surface area contributed by atoms with Crippen molar-refractivity contribution in [3.8, 4) is 0 Å². The third-order valence-corrected chi connectivity index (χ3v) is 3.49. The van der Waals surface area contributed by atoms with Gasteiger partial charge in [0.05, 0.1) is 0 Å². The van der Waals surface area contributed by atoms with E-state index in [2.05, 4.69) is 31.2 Å². The molecule has 0 radical (unpaired) electrons. The lowest BCUT2D eigenvalue weighted by molar-refractivity contribution is 0.272. The molecule has 14 heavy (non-hydrogen) atoms. The zero-order valence-electron chi connectivity index (χ0n) is 10.1. The highest BCUT2D eigenvalue weighted by atomic mass is 15.1. The molecule has 0 aromatic carbocycles. The van der Waals surface area contributed by atoms with E-state index in [1.807, 2.05) is 0 Å². The van der Waals surface area contributed by atoms with Crippen molar-refractivity contribution >= 4 is 0 Å². The van der Waals surface area contributed by atoms with E-state index in [1.54, 1.807) is 0 Å². The van der Waals surface area contributed by atoms with Gasteiger partial charge in [-0.3, -0.25) is 0 Å². The lowest BCUT2D eigenvalue weighted by atomic mass is 10.1. The highest BCUT2D eigenvalue weighted by molar-refractivity contribution is 4.72. The highest BCUT2D eigenvalue weighted by Crippen LogP contribution is 2.23. The molecule has 0 aromatic heterocycles. The Kier molecular flexibility index (Phi) is 5.49. The smallest absolute Gasteiger partial charge is 0.0211 e. The van der Waals surface area contributed by atoms with E-state index in [0.29, 0.717) is 6.04 Å². The maximum absolute atomic E-state index is 3.62. The average Bonchev–Trinajstić information content (AvgIpc) is 2.64. The second-order valence-corrected chi connectivity index (χ2v) is 4.83. The summed E-state index contributed by atoms with van der Waals surface area (Å²) in [6, 6.07) is 0.705. The Hall–Kier alpha value is -0.0800. The zero-order valence-corrected chi connectivity index (χ0v) is 10.1. The van der Waals surface area contributed by atoms with E-state index < -0.39 is 0 Å². The molecule has 0 aliphatic heterocycles. The first-order chi connectivity index (χ1) is 6.74. The molecule has 0 aromatic rings. The van der Waals surface area contributed by atoms with E-state index >= 15 is 0 Å². The van der Waals surface area contributed by atoms with Crippen LogP contribution in [0.4, 0.5) is 0 Å². The lowest BCUT2D eigenvalue weighted by Crippen LogP contribution is -2.38. The minimum absolute atomic E-state index is 0.705. The maximum Gasteiger partial charge on any atom is 0.0211 e. The van der Waals surface area contributed by atoms with Gasteiger partial charge in [0.25, 0.3) is 0 Å². The summed E-state index contributed by atoms with van der Waals surface area (Å²) < 4.78 is 0. The van der Waals surface area contributed by atoms with E-state index in [-0.39, 0.29) is 0 Å². The van der Waals surface area contributed by atoms with Crippen molar-refractivity contribution in [1.29, 1.82) is 0 Å². The molecular formula is C12H26N2. The van der Waals surface area contributed by atoms with E-state index in [4.69, 9.17) is 0 Å². The van der Waals surface area contributed by atoms with Gasteiger partial charge in [0.15, 0.2) is 0 Å². The summed E-state index contributed by atoms with van der Waals surface area (Å²) in [6.07, 6.45) is 7.05. The van der Waals surface area contributed by atoms with Crippen LogP contribution in [-0.2, 0) is 0 Å². The number of likely N-dealkylation sites (N-methyl/N-ethyl adjacent to an activating group) is 1. The fourth-order valence-electron chi connectivity index (χ4n) is 2.36. The van der Waals surface area contributed by atoms with Crippen molar-refractivity contribution < 1.29 is 0 Å². The molecule has 84 valence electrons. The molecule has 2 nitrogen and oxygen atoms in total. The second kappa shape index (κ2) is 6.41. The first kappa shape index (κ1) is 12.0. The number of hydrogen-bond acceptors (Lipinski definition) is 2. The average molecular weight is 198 g/mol. The number of nitrogens with one attached hydrogen (secondary N) is 1. The largest absolute Gasteiger partial charge is 0.315 e. The molecule has 2 heteroatoms. The number of hydrogen-bond donors (Lipinski definition) is 1. The zero-order chi connectivity index (χ0) is 10.4. The summed E-state index contributed by atoms with van der Waals surface area (Å²) >= 11 is 0. The van der Waals surface area contributed by atoms with E-state index in [0.717, 1.165) is 12.5 Å². The maximum atomic E-state index is 3.62. The van der Waals surface area contributed by atoms with Gasteiger partial charge in [0, 0.05) is 12.6 Å². The molecule has 0 heterocycles. The monoisotopic (exact) mass is 198 g/mol. The van der Waals surface area contributed by atoms with Gasteiger partial charge in [0.1, 0.15) is 0 Å². The van der Waals surface area contributed by atoms with Crippen molar-refractivity contribution in [1.82, 2.24) is 10.2 Å². The third kappa shape index (κ3) is 3.97. The topological polar surface area (TPSA) is 15.3 Å². The van der Waals surface area contributed by atoms with Crippen molar-refractivity contribution in [3.05, 3.63) is 0 Å². The van der Waals surface area contributed by atoms with Gasteiger partial charge in [-0.1, -0.05) is 19.8 Å². The van der Waals surface area contributed by atoms with Gasteiger partial charge in [-0.05, 0) is 45.8 Å². The summed E-state index contributed by atoms with van der Waals surface area (Å²) in [6.45, 7) is 4.66. The summed E-state index contributed by atoms with van der Waals surface area (Å²) in [5, 5.41) is 3.62. The Bertz CT molecular complexity index is 139. The predicted molar refractivity (Wildman–Crippen MR) is 62.6 cm³/mol. The summed E-state index contributed by atoms with van der Waals surface area (Å²) in [5.41, 5.74) is 0. The van der Waals surface area contributed by atoms with Crippen LogP contribution in [0, 0.1) is 5.92 Å². The fourth-order valence-corrected chi connectivity index (χ4v) is 2.36. The molecular weight excluding hydrogens is 172 g/mol. The first-order valence-corrected chi connectivity index (χ1v) is 6.11. The van der Waals surface area contributed by atoms with Crippen LogP contribution in [-0.4, -0.2) is 38.1 Å². The molecule has 1 aliphatic carbocycles. The van der Waals surface area contributed by atoms with Crippen LogP contribution < -0.4 is 5.32 Å². The normalized spacial score (nSPS) is 20.6. The minimum Gasteiger partial charge on any atom is -0.315 e. The van der Waals surface area contributed by atoms with Crippen LogP contribution in [0.15, 0.2) is 0 Å². The second-order valence-electron chi connectivity index (χ2n) is 4.83. The third-order valence-electron chi connectivity index (χ3n) is 3.49. The number of nitrogens with zero attached hydrogens (tertiary/aromatic N) is 1. The van der Waals surface area contributed by atoms with Gasteiger partial charge in [-0.25, -0.2) is 0 Å². The molecule has 1 saturated carbocycles. The van der Waals surface area contributed by atoms with Gasteiger partial charge in [-0.2, -0.15) is 0 Å². The summed E-state index contributed by atoms with van der Waals surface area (Å²) in [5.74, 6) is 0.967. The molecule has 0 saturated heterocycles. The molecule has 0 spiro atoms. The summed E-state index contributed by atoms with van der Waals surface area (Å²) in [4.78, 5) is 2.32. The standard InChI is InChI=1S/C12H26N2/c1-4-12(14(2)3)10-13-9-11-7-5-6-8-11/h11-13H,4-10H2,1-3H3.